The molecule has 2 fully saturated rings. The summed E-state index contributed by atoms with van der Waals surface area (Å²) in [7, 11) is 1.70. The van der Waals surface area contributed by atoms with Crippen LogP contribution in [0.15, 0.2) is 0 Å². The fourth-order valence-corrected chi connectivity index (χ4v) is 3.15. The van der Waals surface area contributed by atoms with E-state index in [-0.39, 0.29) is 5.91 Å². The van der Waals surface area contributed by atoms with Gasteiger partial charge in [-0.1, -0.05) is 0 Å². The predicted molar refractivity (Wildman–Crippen MR) is 68.2 cm³/mol. The summed E-state index contributed by atoms with van der Waals surface area (Å²) in [6, 6.07) is 0. The highest BCUT2D eigenvalue weighted by Gasteiger charge is 2.49. The second-order valence-corrected chi connectivity index (χ2v) is 5.44. The van der Waals surface area contributed by atoms with E-state index in [1.165, 1.54) is 0 Å². The highest BCUT2D eigenvalue weighted by Crippen LogP contribution is 2.37. The van der Waals surface area contributed by atoms with Gasteiger partial charge in [0.15, 0.2) is 0 Å². The van der Waals surface area contributed by atoms with Gasteiger partial charge in [0.2, 0.25) is 5.91 Å². The van der Waals surface area contributed by atoms with Gasteiger partial charge < -0.3 is 20.1 Å². The van der Waals surface area contributed by atoms with Gasteiger partial charge in [0.05, 0.1) is 11.5 Å². The van der Waals surface area contributed by atoms with Crippen LogP contribution in [0.25, 0.3) is 0 Å². The first-order chi connectivity index (χ1) is 8.69. The Morgan fingerprint density at radius 1 is 1.61 bits per heavy atom. The molecule has 2 rings (SSSR count). The molecule has 0 unspecified atom stereocenters. The first-order valence-corrected chi connectivity index (χ1v) is 6.87. The number of aliphatic hydroxyl groups is 1. The molecule has 2 heterocycles. The SMILES string of the molecule is COCCCN1CC[C@@H](O)[C@@]2(CCCNC2=O)C1. The van der Waals surface area contributed by atoms with Crippen molar-refractivity contribution >= 4 is 5.91 Å². The van der Waals surface area contributed by atoms with Crippen LogP contribution < -0.4 is 5.32 Å². The van der Waals surface area contributed by atoms with Crippen LogP contribution in [0.5, 0.6) is 0 Å². The van der Waals surface area contributed by atoms with E-state index < -0.39 is 11.5 Å². The van der Waals surface area contributed by atoms with Crippen LogP contribution >= 0.6 is 0 Å². The van der Waals surface area contributed by atoms with Crippen LogP contribution in [0.3, 0.4) is 0 Å². The van der Waals surface area contributed by atoms with Gasteiger partial charge in [-0.25, -0.2) is 0 Å². The number of carbonyl (C=O) groups is 1. The zero-order chi connectivity index (χ0) is 13.0. The van der Waals surface area contributed by atoms with Crippen LogP contribution in [-0.2, 0) is 9.53 Å². The lowest BCUT2D eigenvalue weighted by molar-refractivity contribution is -0.149. The van der Waals surface area contributed by atoms with Crippen LogP contribution in [0, 0.1) is 5.41 Å². The summed E-state index contributed by atoms with van der Waals surface area (Å²) in [5.41, 5.74) is -0.566. The molecule has 0 radical (unpaired) electrons. The lowest BCUT2D eigenvalue weighted by Crippen LogP contribution is -2.61. The van der Waals surface area contributed by atoms with Crippen molar-refractivity contribution in [3.8, 4) is 0 Å². The smallest absolute Gasteiger partial charge is 0.230 e. The van der Waals surface area contributed by atoms with Gasteiger partial charge >= 0.3 is 0 Å². The Bertz CT molecular complexity index is 298. The molecule has 2 aliphatic heterocycles. The monoisotopic (exact) mass is 256 g/mol. The topological polar surface area (TPSA) is 61.8 Å². The fourth-order valence-electron chi connectivity index (χ4n) is 3.15. The lowest BCUT2D eigenvalue weighted by atomic mass is 9.71. The Labute approximate surface area is 108 Å². The van der Waals surface area contributed by atoms with Crippen LogP contribution in [0.4, 0.5) is 0 Å². The molecule has 2 aliphatic rings. The minimum atomic E-state index is -0.566. The summed E-state index contributed by atoms with van der Waals surface area (Å²) in [5.74, 6) is 0.0395. The number of amides is 1. The standard InChI is InChI=1S/C13H24N2O3/c1-18-9-3-7-15-8-4-11(16)13(10-15)5-2-6-14-12(13)17/h11,16H,2-10H2,1H3,(H,14,17)/t11-,13-/m1/s1. The molecule has 1 spiro atoms. The summed E-state index contributed by atoms with van der Waals surface area (Å²) >= 11 is 0. The summed E-state index contributed by atoms with van der Waals surface area (Å²) in [5, 5.41) is 13.1. The first-order valence-electron chi connectivity index (χ1n) is 6.87. The number of aliphatic hydroxyl groups excluding tert-OH is 1. The molecular weight excluding hydrogens is 232 g/mol. The third-order valence-corrected chi connectivity index (χ3v) is 4.22. The number of nitrogens with one attached hydrogen (secondary N) is 1. The third-order valence-electron chi connectivity index (χ3n) is 4.22. The molecule has 5 nitrogen and oxygen atoms in total. The number of methoxy groups -OCH3 is 1. The largest absolute Gasteiger partial charge is 0.392 e. The normalized spacial score (nSPS) is 33.7. The lowest BCUT2D eigenvalue weighted by Gasteiger charge is -2.47. The average molecular weight is 256 g/mol. The minimum absolute atomic E-state index is 0.0395. The van der Waals surface area contributed by atoms with Crippen molar-refractivity contribution in [2.75, 3.05) is 39.9 Å². The van der Waals surface area contributed by atoms with Gasteiger partial charge in [0.1, 0.15) is 0 Å². The van der Waals surface area contributed by atoms with E-state index in [1.807, 2.05) is 0 Å². The van der Waals surface area contributed by atoms with E-state index >= 15 is 0 Å². The summed E-state index contributed by atoms with van der Waals surface area (Å²) in [6.07, 6.45) is 2.96. The van der Waals surface area contributed by atoms with E-state index in [9.17, 15) is 9.90 Å². The van der Waals surface area contributed by atoms with Crippen molar-refractivity contribution in [2.45, 2.75) is 31.8 Å². The van der Waals surface area contributed by atoms with Crippen LogP contribution in [0.2, 0.25) is 0 Å². The van der Waals surface area contributed by atoms with E-state index in [0.29, 0.717) is 13.0 Å². The third kappa shape index (κ3) is 2.68. The molecule has 0 aromatic heterocycles. The zero-order valence-corrected chi connectivity index (χ0v) is 11.2. The number of carbonyl (C=O) groups excluding carboxylic acids is 1. The second-order valence-electron chi connectivity index (χ2n) is 5.44. The summed E-state index contributed by atoms with van der Waals surface area (Å²) < 4.78 is 5.06. The van der Waals surface area contributed by atoms with Crippen molar-refractivity contribution in [1.82, 2.24) is 10.2 Å². The molecule has 0 aromatic rings. The maximum Gasteiger partial charge on any atom is 0.230 e. The van der Waals surface area contributed by atoms with Gasteiger partial charge in [-0.3, -0.25) is 4.79 Å². The number of rotatable bonds is 4. The van der Waals surface area contributed by atoms with E-state index in [4.69, 9.17) is 4.74 Å². The van der Waals surface area contributed by atoms with Crippen molar-refractivity contribution in [1.29, 1.82) is 0 Å². The Kier molecular flexibility index (Phi) is 4.59. The van der Waals surface area contributed by atoms with Gasteiger partial charge in [-0.05, 0) is 25.7 Å². The molecule has 18 heavy (non-hydrogen) atoms. The second kappa shape index (κ2) is 5.99. The minimum Gasteiger partial charge on any atom is -0.392 e. The fraction of sp³-hybridized carbons (Fsp3) is 0.923. The predicted octanol–water partition coefficient (Wildman–Crippen LogP) is -0.0141. The molecule has 104 valence electrons. The average Bonchev–Trinajstić information content (AvgIpc) is 2.37. The number of hydrogen-bond donors (Lipinski definition) is 2. The highest BCUT2D eigenvalue weighted by atomic mass is 16.5. The Morgan fingerprint density at radius 2 is 2.44 bits per heavy atom. The molecule has 2 N–H and O–H groups in total. The van der Waals surface area contributed by atoms with Crippen molar-refractivity contribution in [3.63, 3.8) is 0 Å². The Hall–Kier alpha value is -0.650. The van der Waals surface area contributed by atoms with Gasteiger partial charge in [0, 0.05) is 39.9 Å². The van der Waals surface area contributed by atoms with Crippen molar-refractivity contribution in [3.05, 3.63) is 0 Å². The number of likely N-dealkylation sites (tertiary alicyclic amines) is 1. The molecule has 1 amide bonds. The van der Waals surface area contributed by atoms with Crippen molar-refractivity contribution < 1.29 is 14.6 Å². The molecule has 2 saturated heterocycles. The maximum atomic E-state index is 12.1. The molecule has 0 saturated carbocycles. The number of nitrogens with zero attached hydrogens (tertiary/aromatic N) is 1. The Morgan fingerprint density at radius 3 is 3.17 bits per heavy atom. The first kappa shape index (κ1) is 13.8. The van der Waals surface area contributed by atoms with Crippen LogP contribution in [0.1, 0.15) is 25.7 Å². The summed E-state index contributed by atoms with van der Waals surface area (Å²) in [6.45, 7) is 3.99. The summed E-state index contributed by atoms with van der Waals surface area (Å²) in [4.78, 5) is 14.4. The van der Waals surface area contributed by atoms with Gasteiger partial charge in [-0.15, -0.1) is 0 Å². The highest BCUT2D eigenvalue weighted by molar-refractivity contribution is 5.84. The van der Waals surface area contributed by atoms with Crippen LogP contribution in [-0.4, -0.2) is 61.9 Å². The quantitative estimate of drug-likeness (QED) is 0.694. The van der Waals surface area contributed by atoms with Gasteiger partial charge in [0.25, 0.3) is 0 Å². The van der Waals surface area contributed by atoms with E-state index in [0.717, 1.165) is 45.5 Å². The molecular formula is C13H24N2O3. The number of hydrogen-bond acceptors (Lipinski definition) is 4. The molecule has 0 bridgehead atoms. The Balaban J connectivity index is 1.97. The molecule has 2 atom stereocenters. The van der Waals surface area contributed by atoms with E-state index in [1.54, 1.807) is 7.11 Å². The maximum absolute atomic E-state index is 12.1. The zero-order valence-electron chi connectivity index (χ0n) is 11.2. The van der Waals surface area contributed by atoms with E-state index in [2.05, 4.69) is 10.2 Å². The molecule has 5 heteroatoms. The van der Waals surface area contributed by atoms with Crippen molar-refractivity contribution in [2.24, 2.45) is 5.41 Å². The molecule has 0 aromatic carbocycles. The van der Waals surface area contributed by atoms with Gasteiger partial charge in [-0.2, -0.15) is 0 Å². The molecule has 0 aliphatic carbocycles. The number of ether oxygens (including phenoxy) is 1. The number of piperidine rings is 2.